The van der Waals surface area contributed by atoms with E-state index in [4.69, 9.17) is 4.74 Å². The van der Waals surface area contributed by atoms with E-state index >= 15 is 0 Å². The number of benzene rings is 2. The Hall–Kier alpha value is -2.49. The van der Waals surface area contributed by atoms with Gasteiger partial charge in [0.25, 0.3) is 0 Å². The third-order valence-electron chi connectivity index (χ3n) is 3.27. The molecule has 0 N–H and O–H groups in total. The molecule has 3 nitrogen and oxygen atoms in total. The molecule has 0 atom stereocenters. The van der Waals surface area contributed by atoms with Crippen molar-refractivity contribution in [3.8, 4) is 0 Å². The van der Waals surface area contributed by atoms with Crippen LogP contribution in [0.15, 0.2) is 47.5 Å². The van der Waals surface area contributed by atoms with E-state index in [-0.39, 0.29) is 18.4 Å². The van der Waals surface area contributed by atoms with Crippen molar-refractivity contribution in [2.24, 2.45) is 4.99 Å². The average molecular weight is 269 g/mol. The van der Waals surface area contributed by atoms with Crippen LogP contribution < -0.4 is 0 Å². The molecule has 0 bridgehead atoms. The summed E-state index contributed by atoms with van der Waals surface area (Å²) in [5.74, 6) is -0.586. The van der Waals surface area contributed by atoms with Gasteiger partial charge in [-0.05, 0) is 36.8 Å². The minimum Gasteiger partial charge on any atom is -0.457 e. The van der Waals surface area contributed by atoms with Crippen molar-refractivity contribution in [1.82, 2.24) is 0 Å². The normalized spacial score (nSPS) is 14.1. The molecule has 0 unspecified atom stereocenters. The van der Waals surface area contributed by atoms with Crippen molar-refractivity contribution < 1.29 is 13.9 Å². The van der Waals surface area contributed by atoms with Crippen LogP contribution in [0.2, 0.25) is 0 Å². The Morgan fingerprint density at radius 3 is 2.70 bits per heavy atom. The van der Waals surface area contributed by atoms with Gasteiger partial charge in [0.15, 0.2) is 0 Å². The van der Waals surface area contributed by atoms with E-state index < -0.39 is 0 Å². The highest BCUT2D eigenvalue weighted by atomic mass is 19.1. The van der Waals surface area contributed by atoms with E-state index in [9.17, 15) is 9.18 Å². The Morgan fingerprint density at radius 1 is 1.20 bits per heavy atom. The Kier molecular flexibility index (Phi) is 3.06. The Bertz CT molecular complexity index is 705. The van der Waals surface area contributed by atoms with E-state index in [0.29, 0.717) is 5.56 Å². The first kappa shape index (κ1) is 12.5. The van der Waals surface area contributed by atoms with E-state index in [0.717, 1.165) is 22.5 Å². The topological polar surface area (TPSA) is 38.7 Å². The predicted octanol–water partition coefficient (Wildman–Crippen LogP) is 3.64. The first-order valence-electron chi connectivity index (χ1n) is 6.25. The molecule has 1 aliphatic rings. The Balaban J connectivity index is 2.00. The summed E-state index contributed by atoms with van der Waals surface area (Å²) in [7, 11) is 0. The number of nitrogens with zero attached hydrogens (tertiary/aromatic N) is 1. The molecule has 3 rings (SSSR count). The van der Waals surface area contributed by atoms with Gasteiger partial charge in [0, 0.05) is 11.3 Å². The summed E-state index contributed by atoms with van der Waals surface area (Å²) in [5, 5.41) is 0. The smallest absolute Gasteiger partial charge is 0.338 e. The number of ether oxygens (including phenoxy) is 1. The average Bonchev–Trinajstić information content (AvgIpc) is 2.82. The maximum atomic E-state index is 12.9. The van der Waals surface area contributed by atoms with Crippen LogP contribution in [-0.4, -0.2) is 11.7 Å². The molecule has 0 saturated carbocycles. The van der Waals surface area contributed by atoms with Crippen LogP contribution in [0.3, 0.4) is 0 Å². The fraction of sp³-hybridized carbons (Fsp3) is 0.125. The Morgan fingerprint density at radius 2 is 1.95 bits per heavy atom. The second kappa shape index (κ2) is 4.89. The maximum Gasteiger partial charge on any atom is 0.338 e. The van der Waals surface area contributed by atoms with Crippen molar-refractivity contribution in [3.05, 3.63) is 65.0 Å². The van der Waals surface area contributed by atoms with Gasteiger partial charge >= 0.3 is 5.97 Å². The van der Waals surface area contributed by atoms with E-state index in [2.05, 4.69) is 4.99 Å². The fourth-order valence-corrected chi connectivity index (χ4v) is 2.17. The molecular weight excluding hydrogens is 257 g/mol. The lowest BCUT2D eigenvalue weighted by Gasteiger charge is -2.04. The number of fused-ring (bicyclic) bond motifs is 1. The van der Waals surface area contributed by atoms with Crippen molar-refractivity contribution in [1.29, 1.82) is 0 Å². The molecule has 1 heterocycles. The number of cyclic esters (lactones) is 1. The number of hydrogen-bond acceptors (Lipinski definition) is 3. The van der Waals surface area contributed by atoms with Crippen LogP contribution in [0.25, 0.3) is 0 Å². The molecule has 0 aliphatic carbocycles. The van der Waals surface area contributed by atoms with Crippen LogP contribution in [-0.2, 0) is 11.3 Å². The molecule has 0 fully saturated rings. The molecule has 0 radical (unpaired) electrons. The fourth-order valence-electron chi connectivity index (χ4n) is 2.17. The highest BCUT2D eigenvalue weighted by molar-refractivity contribution is 6.01. The van der Waals surface area contributed by atoms with E-state index in [1.165, 1.54) is 12.1 Å². The lowest BCUT2D eigenvalue weighted by Crippen LogP contribution is -1.95. The highest BCUT2D eigenvalue weighted by Gasteiger charge is 2.23. The summed E-state index contributed by atoms with van der Waals surface area (Å²) >= 11 is 0. The second-order valence-corrected chi connectivity index (χ2v) is 4.58. The third-order valence-corrected chi connectivity index (χ3v) is 3.27. The van der Waals surface area contributed by atoms with E-state index in [1.54, 1.807) is 24.3 Å². The second-order valence-electron chi connectivity index (χ2n) is 4.58. The van der Waals surface area contributed by atoms with Gasteiger partial charge in [-0.3, -0.25) is 4.99 Å². The third kappa shape index (κ3) is 2.20. The summed E-state index contributed by atoms with van der Waals surface area (Å²) < 4.78 is 17.9. The zero-order valence-electron chi connectivity index (χ0n) is 10.9. The summed E-state index contributed by atoms with van der Waals surface area (Å²) in [6, 6.07) is 11.5. The van der Waals surface area contributed by atoms with E-state index in [1.807, 2.05) is 13.0 Å². The molecule has 0 saturated heterocycles. The highest BCUT2D eigenvalue weighted by Crippen LogP contribution is 2.29. The number of rotatable bonds is 2. The van der Waals surface area contributed by atoms with Crippen molar-refractivity contribution in [3.63, 3.8) is 0 Å². The van der Waals surface area contributed by atoms with Gasteiger partial charge in [-0.1, -0.05) is 18.2 Å². The zero-order valence-corrected chi connectivity index (χ0v) is 10.9. The van der Waals surface area contributed by atoms with Gasteiger partial charge in [0.2, 0.25) is 0 Å². The SMILES string of the molecule is C/C(=N\c1cccc2c1COC2=O)c1ccc(F)cc1. The summed E-state index contributed by atoms with van der Waals surface area (Å²) in [6.45, 7) is 2.11. The Labute approximate surface area is 115 Å². The minimum absolute atomic E-state index is 0.255. The lowest BCUT2D eigenvalue weighted by atomic mass is 10.1. The molecule has 0 spiro atoms. The number of carbonyl (C=O) groups is 1. The monoisotopic (exact) mass is 269 g/mol. The van der Waals surface area contributed by atoms with Crippen molar-refractivity contribution >= 4 is 17.4 Å². The van der Waals surface area contributed by atoms with Gasteiger partial charge in [-0.15, -0.1) is 0 Å². The van der Waals surface area contributed by atoms with Gasteiger partial charge < -0.3 is 4.74 Å². The van der Waals surface area contributed by atoms with Crippen LogP contribution in [0.4, 0.5) is 10.1 Å². The number of esters is 1. The van der Waals surface area contributed by atoms with Crippen LogP contribution in [0.1, 0.15) is 28.4 Å². The van der Waals surface area contributed by atoms with Crippen LogP contribution in [0.5, 0.6) is 0 Å². The molecule has 2 aromatic carbocycles. The maximum absolute atomic E-state index is 12.9. The van der Waals surface area contributed by atoms with Gasteiger partial charge in [-0.25, -0.2) is 9.18 Å². The number of halogens is 1. The van der Waals surface area contributed by atoms with Gasteiger partial charge in [-0.2, -0.15) is 0 Å². The first-order valence-corrected chi connectivity index (χ1v) is 6.25. The summed E-state index contributed by atoms with van der Waals surface area (Å²) in [5.41, 5.74) is 3.69. The molecule has 2 aromatic rings. The van der Waals surface area contributed by atoms with Gasteiger partial charge in [0.05, 0.1) is 11.3 Å². The van der Waals surface area contributed by atoms with Crippen molar-refractivity contribution in [2.45, 2.75) is 13.5 Å². The zero-order chi connectivity index (χ0) is 14.1. The standard InChI is InChI=1S/C16H12FNO2/c1-10(11-5-7-12(17)8-6-11)18-15-4-2-3-13-14(15)9-20-16(13)19/h2-8H,9H2,1H3/b18-10+. The van der Waals surface area contributed by atoms with Gasteiger partial charge in [0.1, 0.15) is 12.4 Å². The summed E-state index contributed by atoms with van der Waals surface area (Å²) in [4.78, 5) is 16.0. The largest absolute Gasteiger partial charge is 0.457 e. The lowest BCUT2D eigenvalue weighted by molar-refractivity contribution is 0.0535. The predicted molar refractivity (Wildman–Crippen MR) is 73.8 cm³/mol. The molecule has 4 heteroatoms. The first-order chi connectivity index (χ1) is 9.65. The molecule has 1 aliphatic heterocycles. The quantitative estimate of drug-likeness (QED) is 0.616. The molecule has 0 amide bonds. The number of hydrogen-bond donors (Lipinski definition) is 0. The van der Waals surface area contributed by atoms with Crippen LogP contribution in [0, 0.1) is 5.82 Å². The molecule has 20 heavy (non-hydrogen) atoms. The van der Waals surface area contributed by atoms with Crippen molar-refractivity contribution in [2.75, 3.05) is 0 Å². The number of aliphatic imine (C=N–C) groups is 1. The summed E-state index contributed by atoms with van der Waals surface area (Å²) in [6.07, 6.45) is 0. The molecule has 100 valence electrons. The van der Waals surface area contributed by atoms with Crippen LogP contribution >= 0.6 is 0 Å². The molecule has 0 aromatic heterocycles. The number of carbonyl (C=O) groups excluding carboxylic acids is 1. The minimum atomic E-state index is -0.309. The molecular formula is C16H12FNO2.